The minimum atomic E-state index is 0.113. The van der Waals surface area contributed by atoms with Gasteiger partial charge in [-0.15, -0.1) is 0 Å². The van der Waals surface area contributed by atoms with E-state index in [-0.39, 0.29) is 6.10 Å². The number of morpholine rings is 1. The number of halogens is 1. The van der Waals surface area contributed by atoms with E-state index in [2.05, 4.69) is 31.4 Å². The van der Waals surface area contributed by atoms with Crippen LogP contribution in [-0.2, 0) is 11.2 Å². The van der Waals surface area contributed by atoms with Crippen LogP contribution in [0.5, 0.6) is 0 Å². The number of nitrogens with zero attached hydrogens (tertiary/aromatic N) is 2. The van der Waals surface area contributed by atoms with Gasteiger partial charge in [0, 0.05) is 23.1 Å². The number of benzene rings is 1. The van der Waals surface area contributed by atoms with Crippen LogP contribution in [-0.4, -0.2) is 35.9 Å². The van der Waals surface area contributed by atoms with Crippen molar-refractivity contribution in [1.29, 1.82) is 0 Å². The molecular weight excluding hydrogens is 322 g/mol. The SMILES string of the molecule is Cc1ccc(-c2noc(CC3CNCCO3)n2)cc1Br. The molecule has 5 nitrogen and oxygen atoms in total. The van der Waals surface area contributed by atoms with E-state index in [0.717, 1.165) is 29.7 Å². The molecule has 3 rings (SSSR count). The lowest BCUT2D eigenvalue weighted by Gasteiger charge is -2.21. The second kappa shape index (κ2) is 6.03. The van der Waals surface area contributed by atoms with Crippen molar-refractivity contribution >= 4 is 15.9 Å². The quantitative estimate of drug-likeness (QED) is 0.931. The Bertz CT molecular complexity index is 594. The molecule has 1 aliphatic rings. The summed E-state index contributed by atoms with van der Waals surface area (Å²) in [4.78, 5) is 4.44. The standard InChI is InChI=1S/C14H16BrN3O2/c1-9-2-3-10(6-12(9)15)14-17-13(20-18-14)7-11-8-16-4-5-19-11/h2-3,6,11,16H,4-5,7-8H2,1H3. The molecule has 1 unspecified atom stereocenters. The molecule has 2 heterocycles. The van der Waals surface area contributed by atoms with Gasteiger partial charge in [0.15, 0.2) is 0 Å². The van der Waals surface area contributed by atoms with Gasteiger partial charge in [-0.1, -0.05) is 33.2 Å². The highest BCUT2D eigenvalue weighted by molar-refractivity contribution is 9.10. The second-order valence-electron chi connectivity index (χ2n) is 4.88. The van der Waals surface area contributed by atoms with Crippen molar-refractivity contribution in [3.63, 3.8) is 0 Å². The highest BCUT2D eigenvalue weighted by Gasteiger charge is 2.18. The van der Waals surface area contributed by atoms with Crippen molar-refractivity contribution in [1.82, 2.24) is 15.5 Å². The van der Waals surface area contributed by atoms with Crippen LogP contribution in [0.15, 0.2) is 27.2 Å². The summed E-state index contributed by atoms with van der Waals surface area (Å²) < 4.78 is 12.0. The molecule has 0 bridgehead atoms. The average Bonchev–Trinajstić information content (AvgIpc) is 2.91. The highest BCUT2D eigenvalue weighted by Crippen LogP contribution is 2.23. The predicted octanol–water partition coefficient (Wildman–Crippen LogP) is 2.34. The number of ether oxygens (including phenoxy) is 1. The molecule has 0 spiro atoms. The number of aryl methyl sites for hydroxylation is 1. The third-order valence-corrected chi connectivity index (χ3v) is 4.16. The fourth-order valence-corrected chi connectivity index (χ4v) is 2.51. The first-order valence-electron chi connectivity index (χ1n) is 6.64. The zero-order chi connectivity index (χ0) is 13.9. The molecule has 0 amide bonds. The minimum Gasteiger partial charge on any atom is -0.375 e. The van der Waals surface area contributed by atoms with E-state index in [1.165, 1.54) is 5.56 Å². The average molecular weight is 338 g/mol. The number of aromatic nitrogens is 2. The molecule has 1 N–H and O–H groups in total. The summed E-state index contributed by atoms with van der Waals surface area (Å²) in [5, 5.41) is 7.33. The lowest BCUT2D eigenvalue weighted by molar-refractivity contribution is 0.0246. The first kappa shape index (κ1) is 13.7. The summed E-state index contributed by atoms with van der Waals surface area (Å²) in [6, 6.07) is 6.03. The van der Waals surface area contributed by atoms with Gasteiger partial charge in [-0.25, -0.2) is 0 Å². The van der Waals surface area contributed by atoms with Gasteiger partial charge < -0.3 is 14.6 Å². The maximum atomic E-state index is 5.63. The van der Waals surface area contributed by atoms with E-state index in [1.807, 2.05) is 25.1 Å². The maximum absolute atomic E-state index is 5.63. The van der Waals surface area contributed by atoms with Crippen LogP contribution < -0.4 is 5.32 Å². The number of nitrogens with one attached hydrogen (secondary N) is 1. The molecule has 1 fully saturated rings. The first-order valence-corrected chi connectivity index (χ1v) is 7.43. The number of hydrogen-bond donors (Lipinski definition) is 1. The third kappa shape index (κ3) is 3.08. The number of rotatable bonds is 3. The van der Waals surface area contributed by atoms with Gasteiger partial charge in [-0.3, -0.25) is 0 Å². The van der Waals surface area contributed by atoms with Gasteiger partial charge in [0.25, 0.3) is 0 Å². The minimum absolute atomic E-state index is 0.113. The summed E-state index contributed by atoms with van der Waals surface area (Å²) >= 11 is 3.52. The van der Waals surface area contributed by atoms with Gasteiger partial charge in [0.05, 0.1) is 19.1 Å². The van der Waals surface area contributed by atoms with Gasteiger partial charge in [0.1, 0.15) is 0 Å². The van der Waals surface area contributed by atoms with Crippen LogP contribution in [0.1, 0.15) is 11.5 Å². The van der Waals surface area contributed by atoms with Gasteiger partial charge in [-0.2, -0.15) is 4.98 Å². The summed E-state index contributed by atoms with van der Waals surface area (Å²) in [6.07, 6.45) is 0.759. The van der Waals surface area contributed by atoms with Crippen LogP contribution in [0.2, 0.25) is 0 Å². The fourth-order valence-electron chi connectivity index (χ4n) is 2.13. The van der Waals surface area contributed by atoms with Crippen LogP contribution in [0.4, 0.5) is 0 Å². The smallest absolute Gasteiger partial charge is 0.229 e. The van der Waals surface area contributed by atoms with Crippen molar-refractivity contribution in [3.8, 4) is 11.4 Å². The van der Waals surface area contributed by atoms with E-state index < -0.39 is 0 Å². The molecule has 1 aromatic heterocycles. The first-order chi connectivity index (χ1) is 9.72. The molecule has 1 saturated heterocycles. The van der Waals surface area contributed by atoms with E-state index in [1.54, 1.807) is 0 Å². The zero-order valence-electron chi connectivity index (χ0n) is 11.2. The Morgan fingerprint density at radius 1 is 1.45 bits per heavy atom. The van der Waals surface area contributed by atoms with Crippen molar-refractivity contribution in [2.24, 2.45) is 0 Å². The highest BCUT2D eigenvalue weighted by atomic mass is 79.9. The lowest BCUT2D eigenvalue weighted by Crippen LogP contribution is -2.39. The van der Waals surface area contributed by atoms with Crippen molar-refractivity contribution in [2.75, 3.05) is 19.7 Å². The number of hydrogen-bond acceptors (Lipinski definition) is 5. The Kier molecular flexibility index (Phi) is 4.14. The molecule has 0 saturated carbocycles. The van der Waals surface area contributed by atoms with Crippen molar-refractivity contribution in [2.45, 2.75) is 19.4 Å². The van der Waals surface area contributed by atoms with Crippen LogP contribution >= 0.6 is 15.9 Å². The maximum Gasteiger partial charge on any atom is 0.229 e. The molecule has 1 aromatic carbocycles. The van der Waals surface area contributed by atoms with Gasteiger partial charge >= 0.3 is 0 Å². The molecule has 0 radical (unpaired) electrons. The predicted molar refractivity (Wildman–Crippen MR) is 78.5 cm³/mol. The Hall–Kier alpha value is -1.24. The Morgan fingerprint density at radius 2 is 2.35 bits per heavy atom. The molecule has 6 heteroatoms. The summed E-state index contributed by atoms with van der Waals surface area (Å²) in [7, 11) is 0. The van der Waals surface area contributed by atoms with Crippen LogP contribution in [0, 0.1) is 6.92 Å². The third-order valence-electron chi connectivity index (χ3n) is 3.30. The second-order valence-corrected chi connectivity index (χ2v) is 5.73. The molecular formula is C14H16BrN3O2. The normalized spacial score (nSPS) is 19.2. The zero-order valence-corrected chi connectivity index (χ0v) is 12.8. The summed E-state index contributed by atoms with van der Waals surface area (Å²) in [5.74, 6) is 1.23. The van der Waals surface area contributed by atoms with Gasteiger partial charge in [-0.05, 0) is 18.6 Å². The van der Waals surface area contributed by atoms with E-state index in [4.69, 9.17) is 9.26 Å². The Morgan fingerprint density at radius 3 is 3.10 bits per heavy atom. The molecule has 20 heavy (non-hydrogen) atoms. The Labute approximate surface area is 125 Å². The van der Waals surface area contributed by atoms with Gasteiger partial charge in [0.2, 0.25) is 11.7 Å². The molecule has 1 atom stereocenters. The van der Waals surface area contributed by atoms with Crippen molar-refractivity contribution in [3.05, 3.63) is 34.1 Å². The summed E-state index contributed by atoms with van der Waals surface area (Å²) in [6.45, 7) is 4.51. The van der Waals surface area contributed by atoms with E-state index >= 15 is 0 Å². The molecule has 106 valence electrons. The molecule has 0 aliphatic carbocycles. The van der Waals surface area contributed by atoms with Crippen LogP contribution in [0.3, 0.4) is 0 Å². The lowest BCUT2D eigenvalue weighted by atomic mass is 10.1. The topological polar surface area (TPSA) is 60.2 Å². The van der Waals surface area contributed by atoms with Crippen molar-refractivity contribution < 1.29 is 9.26 Å². The van der Waals surface area contributed by atoms with Crippen LogP contribution in [0.25, 0.3) is 11.4 Å². The van der Waals surface area contributed by atoms with E-state index in [0.29, 0.717) is 18.1 Å². The summed E-state index contributed by atoms with van der Waals surface area (Å²) in [5.41, 5.74) is 2.12. The molecule has 1 aliphatic heterocycles. The Balaban J connectivity index is 1.73. The van der Waals surface area contributed by atoms with E-state index in [9.17, 15) is 0 Å². The monoisotopic (exact) mass is 337 g/mol. The fraction of sp³-hybridized carbons (Fsp3) is 0.429. The largest absolute Gasteiger partial charge is 0.375 e. The molecule has 2 aromatic rings.